The summed E-state index contributed by atoms with van der Waals surface area (Å²) in [5.41, 5.74) is 6.68. The number of hydrogen-bond donors (Lipinski definition) is 1. The minimum absolute atomic E-state index is 0.167. The summed E-state index contributed by atoms with van der Waals surface area (Å²) in [5, 5.41) is 4.76. The molecule has 0 aliphatic carbocycles. The molecule has 2 aromatic heterocycles. The first-order chi connectivity index (χ1) is 16.3. The lowest BCUT2D eigenvalue weighted by molar-refractivity contribution is 0.564. The third-order valence-electron chi connectivity index (χ3n) is 6.39. The van der Waals surface area contributed by atoms with E-state index in [0.29, 0.717) is 15.7 Å². The van der Waals surface area contributed by atoms with Crippen molar-refractivity contribution >= 4 is 34.6 Å². The van der Waals surface area contributed by atoms with Crippen LogP contribution >= 0.6 is 23.8 Å². The van der Waals surface area contributed by atoms with Gasteiger partial charge >= 0.3 is 0 Å². The van der Waals surface area contributed by atoms with Crippen molar-refractivity contribution in [2.45, 2.75) is 32.9 Å². The Morgan fingerprint density at radius 2 is 1.71 bits per heavy atom. The molecule has 4 nitrogen and oxygen atoms in total. The molecule has 3 heterocycles. The predicted octanol–water partition coefficient (Wildman–Crippen LogP) is 6.77. The summed E-state index contributed by atoms with van der Waals surface area (Å²) in [6.45, 7) is 5.97. The molecule has 0 amide bonds. The minimum Gasteiger partial charge on any atom is -0.351 e. The number of nitrogens with one attached hydrogen (secondary N) is 1. The van der Waals surface area contributed by atoms with E-state index in [4.69, 9.17) is 23.8 Å². The highest BCUT2D eigenvalue weighted by molar-refractivity contribution is 7.80. The van der Waals surface area contributed by atoms with Crippen molar-refractivity contribution in [1.29, 1.82) is 0 Å². The van der Waals surface area contributed by atoms with Gasteiger partial charge in [-0.05, 0) is 105 Å². The maximum Gasteiger partial charge on any atom is 0.174 e. The second-order valence-corrected chi connectivity index (χ2v) is 9.39. The standard InChI is InChI=1S/C27H24ClFN4S/c1-16-14-21(11-12-23(16)29)33-26(25(31-27(33)34)24-6-4-5-13-30-24)22-15-17(2)32(18(22)3)20-9-7-19(28)8-10-20/h4-15,25-26H,1-3H3,(H,31,34)/t25-,26+/m0/s1. The molecule has 1 fully saturated rings. The fraction of sp³-hybridized carbons (Fsp3) is 0.185. The van der Waals surface area contributed by atoms with Gasteiger partial charge in [-0.1, -0.05) is 17.7 Å². The van der Waals surface area contributed by atoms with Crippen LogP contribution in [0, 0.1) is 26.6 Å². The molecule has 1 aliphatic heterocycles. The number of anilines is 1. The van der Waals surface area contributed by atoms with E-state index in [1.54, 1.807) is 19.2 Å². The number of rotatable bonds is 4. The summed E-state index contributed by atoms with van der Waals surface area (Å²) in [4.78, 5) is 6.71. The summed E-state index contributed by atoms with van der Waals surface area (Å²) in [6.07, 6.45) is 1.79. The van der Waals surface area contributed by atoms with E-state index in [1.165, 1.54) is 6.07 Å². The highest BCUT2D eigenvalue weighted by Gasteiger charge is 2.42. The molecule has 5 rings (SSSR count). The van der Waals surface area contributed by atoms with Crippen LogP contribution in [0.2, 0.25) is 5.02 Å². The Hall–Kier alpha value is -3.22. The van der Waals surface area contributed by atoms with E-state index in [2.05, 4.69) is 39.7 Å². The first kappa shape index (κ1) is 22.6. The van der Waals surface area contributed by atoms with Crippen LogP contribution in [-0.2, 0) is 0 Å². The number of aromatic nitrogens is 2. The largest absolute Gasteiger partial charge is 0.351 e. The lowest BCUT2D eigenvalue weighted by Gasteiger charge is -2.28. The van der Waals surface area contributed by atoms with E-state index < -0.39 is 0 Å². The fourth-order valence-corrected chi connectivity index (χ4v) is 5.27. The third-order valence-corrected chi connectivity index (χ3v) is 6.96. The van der Waals surface area contributed by atoms with Gasteiger partial charge in [-0.2, -0.15) is 0 Å². The minimum atomic E-state index is -0.236. The number of pyridine rings is 1. The summed E-state index contributed by atoms with van der Waals surface area (Å²) in [6, 6.07) is 20.7. The van der Waals surface area contributed by atoms with E-state index in [0.717, 1.165) is 34.0 Å². The van der Waals surface area contributed by atoms with Gasteiger partial charge in [0.25, 0.3) is 0 Å². The fourth-order valence-electron chi connectivity index (χ4n) is 4.80. The second kappa shape index (κ2) is 8.85. The average Bonchev–Trinajstić information content (AvgIpc) is 3.32. The molecule has 7 heteroatoms. The highest BCUT2D eigenvalue weighted by atomic mass is 35.5. The van der Waals surface area contributed by atoms with Gasteiger partial charge in [-0.25, -0.2) is 4.39 Å². The van der Waals surface area contributed by atoms with E-state index in [1.807, 2.05) is 48.5 Å². The first-order valence-corrected chi connectivity index (χ1v) is 11.9. The molecule has 0 bridgehead atoms. The Bertz CT molecular complexity index is 1370. The molecule has 34 heavy (non-hydrogen) atoms. The van der Waals surface area contributed by atoms with E-state index in [-0.39, 0.29) is 17.9 Å². The number of benzene rings is 2. The van der Waals surface area contributed by atoms with Crippen LogP contribution in [-0.4, -0.2) is 14.7 Å². The number of nitrogens with zero attached hydrogens (tertiary/aromatic N) is 3. The molecule has 0 spiro atoms. The lowest BCUT2D eigenvalue weighted by Crippen LogP contribution is -2.29. The van der Waals surface area contributed by atoms with Crippen LogP contribution in [0.4, 0.5) is 10.1 Å². The molecule has 2 atom stereocenters. The van der Waals surface area contributed by atoms with Crippen LogP contribution in [0.5, 0.6) is 0 Å². The molecule has 0 radical (unpaired) electrons. The van der Waals surface area contributed by atoms with Crippen LogP contribution in [0.25, 0.3) is 5.69 Å². The topological polar surface area (TPSA) is 33.1 Å². The maximum atomic E-state index is 14.1. The Kier molecular flexibility index (Phi) is 5.88. The van der Waals surface area contributed by atoms with Crippen LogP contribution in [0.15, 0.2) is 72.9 Å². The Labute approximate surface area is 209 Å². The number of thiocarbonyl (C=S) groups is 1. The van der Waals surface area contributed by atoms with Crippen LogP contribution in [0.3, 0.4) is 0 Å². The van der Waals surface area contributed by atoms with Gasteiger partial charge in [0.05, 0.1) is 17.8 Å². The average molecular weight is 491 g/mol. The van der Waals surface area contributed by atoms with Crippen molar-refractivity contribution < 1.29 is 4.39 Å². The number of aryl methyl sites for hydroxylation is 2. The lowest BCUT2D eigenvalue weighted by atomic mass is 9.96. The van der Waals surface area contributed by atoms with Gasteiger partial charge in [-0.15, -0.1) is 0 Å². The van der Waals surface area contributed by atoms with Crippen molar-refractivity contribution in [2.75, 3.05) is 4.90 Å². The summed E-state index contributed by atoms with van der Waals surface area (Å²) in [5.74, 6) is -0.236. The first-order valence-electron chi connectivity index (χ1n) is 11.1. The molecule has 1 aliphatic rings. The Morgan fingerprint density at radius 1 is 0.971 bits per heavy atom. The van der Waals surface area contributed by atoms with Gasteiger partial charge < -0.3 is 14.8 Å². The van der Waals surface area contributed by atoms with E-state index in [9.17, 15) is 4.39 Å². The van der Waals surface area contributed by atoms with Crippen LogP contribution < -0.4 is 10.2 Å². The maximum absolute atomic E-state index is 14.1. The Balaban J connectivity index is 1.68. The normalized spacial score (nSPS) is 17.8. The van der Waals surface area contributed by atoms with E-state index >= 15 is 0 Å². The molecule has 4 aromatic rings. The zero-order valence-corrected chi connectivity index (χ0v) is 20.7. The Morgan fingerprint density at radius 3 is 2.38 bits per heavy atom. The predicted molar refractivity (Wildman–Crippen MR) is 139 cm³/mol. The third kappa shape index (κ3) is 3.87. The smallest absolute Gasteiger partial charge is 0.174 e. The number of hydrogen-bond acceptors (Lipinski definition) is 2. The van der Waals surface area contributed by atoms with Crippen molar-refractivity contribution in [1.82, 2.24) is 14.9 Å². The monoisotopic (exact) mass is 490 g/mol. The number of halogens is 2. The van der Waals surface area contributed by atoms with Gasteiger partial charge in [-0.3, -0.25) is 4.98 Å². The van der Waals surface area contributed by atoms with Crippen molar-refractivity contribution in [3.8, 4) is 5.69 Å². The molecular formula is C27H24ClFN4S. The summed E-state index contributed by atoms with van der Waals surface area (Å²) < 4.78 is 16.3. The van der Waals surface area contributed by atoms with Gasteiger partial charge in [0.2, 0.25) is 0 Å². The molecule has 2 aromatic carbocycles. The molecule has 0 saturated carbocycles. The van der Waals surface area contributed by atoms with Crippen molar-refractivity contribution in [2.24, 2.45) is 0 Å². The summed E-state index contributed by atoms with van der Waals surface area (Å²) >= 11 is 11.9. The SMILES string of the molecule is Cc1cc(N2C(=S)N[C@@H](c3ccccn3)[C@H]2c2cc(C)n(-c3ccc(Cl)cc3)c2C)ccc1F. The highest BCUT2D eigenvalue weighted by Crippen LogP contribution is 2.44. The molecule has 1 saturated heterocycles. The molecule has 0 unspecified atom stereocenters. The van der Waals surface area contributed by atoms with Crippen LogP contribution in [0.1, 0.15) is 40.3 Å². The molecule has 1 N–H and O–H groups in total. The van der Waals surface area contributed by atoms with Gasteiger partial charge in [0.15, 0.2) is 5.11 Å². The summed E-state index contributed by atoms with van der Waals surface area (Å²) in [7, 11) is 0. The quantitative estimate of drug-likeness (QED) is 0.320. The van der Waals surface area contributed by atoms with Crippen molar-refractivity contribution in [3.05, 3.63) is 112 Å². The zero-order valence-electron chi connectivity index (χ0n) is 19.1. The van der Waals surface area contributed by atoms with Gasteiger partial charge in [0.1, 0.15) is 5.82 Å². The molecule has 172 valence electrons. The molecular weight excluding hydrogens is 467 g/mol. The second-order valence-electron chi connectivity index (χ2n) is 8.57. The zero-order chi connectivity index (χ0) is 24.0. The van der Waals surface area contributed by atoms with Gasteiger partial charge in [0, 0.05) is 34.0 Å². The van der Waals surface area contributed by atoms with Crippen molar-refractivity contribution in [3.63, 3.8) is 0 Å².